The molecule has 2 amide bonds. The Labute approximate surface area is 190 Å². The van der Waals surface area contributed by atoms with Gasteiger partial charge in [-0.2, -0.15) is 17.9 Å². The summed E-state index contributed by atoms with van der Waals surface area (Å²) in [6, 6.07) is 2.92. The van der Waals surface area contributed by atoms with Gasteiger partial charge in [0.1, 0.15) is 5.54 Å². The highest BCUT2D eigenvalue weighted by Crippen LogP contribution is 2.59. The normalized spacial score (nSPS) is 31.4. The van der Waals surface area contributed by atoms with Crippen molar-refractivity contribution < 1.29 is 31.2 Å². The fraction of sp³-hybridized carbons (Fsp3) is 0.636. The Morgan fingerprint density at radius 1 is 1.03 bits per heavy atom. The smallest absolute Gasteiger partial charge is 0.369 e. The highest BCUT2D eigenvalue weighted by atomic mass is 32.2. The zero-order chi connectivity index (χ0) is 24.4. The maximum atomic E-state index is 13.1. The molecule has 2 atom stereocenters. The van der Waals surface area contributed by atoms with Crippen molar-refractivity contribution in [1.82, 2.24) is 10.0 Å². The number of hydrogen-bond acceptors (Lipinski definition) is 4. The van der Waals surface area contributed by atoms with Gasteiger partial charge in [-0.25, -0.2) is 8.42 Å². The Hall–Kier alpha value is -2.14. The number of alkyl halides is 3. The third kappa shape index (κ3) is 4.37. The van der Waals surface area contributed by atoms with Crippen LogP contribution in [-0.2, 0) is 25.8 Å². The molecule has 0 saturated heterocycles. The highest BCUT2D eigenvalue weighted by molar-refractivity contribution is 7.89. The van der Waals surface area contributed by atoms with Crippen molar-refractivity contribution in [1.29, 1.82) is 0 Å². The van der Waals surface area contributed by atoms with E-state index in [9.17, 15) is 31.2 Å². The van der Waals surface area contributed by atoms with Crippen LogP contribution in [0.25, 0.3) is 0 Å². The van der Waals surface area contributed by atoms with Gasteiger partial charge in [-0.15, -0.1) is 0 Å². The van der Waals surface area contributed by atoms with E-state index in [-0.39, 0.29) is 28.7 Å². The molecule has 0 spiro atoms. The molecule has 33 heavy (non-hydrogen) atoms. The van der Waals surface area contributed by atoms with Gasteiger partial charge in [0.05, 0.1) is 10.5 Å². The Morgan fingerprint density at radius 3 is 2.06 bits per heavy atom. The lowest BCUT2D eigenvalue weighted by Crippen LogP contribution is -2.65. The number of nitrogens with two attached hydrogens (primary N) is 1. The van der Waals surface area contributed by atoms with E-state index in [1.807, 2.05) is 0 Å². The van der Waals surface area contributed by atoms with E-state index in [0.717, 1.165) is 31.4 Å². The van der Waals surface area contributed by atoms with Crippen molar-refractivity contribution in [2.24, 2.45) is 28.9 Å². The minimum atomic E-state index is -4.58. The zero-order valence-corrected chi connectivity index (χ0v) is 19.2. The van der Waals surface area contributed by atoms with E-state index in [0.29, 0.717) is 30.9 Å². The van der Waals surface area contributed by atoms with Gasteiger partial charge in [-0.05, 0) is 88.0 Å². The van der Waals surface area contributed by atoms with Crippen LogP contribution in [0.3, 0.4) is 0 Å². The number of amides is 2. The molecule has 0 heterocycles. The summed E-state index contributed by atoms with van der Waals surface area (Å²) >= 11 is 0. The van der Waals surface area contributed by atoms with Crippen LogP contribution < -0.4 is 15.8 Å². The van der Waals surface area contributed by atoms with Gasteiger partial charge in [-0.3, -0.25) is 9.59 Å². The summed E-state index contributed by atoms with van der Waals surface area (Å²) in [6.45, 7) is 2.82. The Balaban J connectivity index is 1.46. The van der Waals surface area contributed by atoms with Crippen LogP contribution in [0.5, 0.6) is 0 Å². The molecule has 5 rings (SSSR count). The molecule has 0 aromatic heterocycles. The number of primary amides is 1. The monoisotopic (exact) mass is 487 g/mol. The summed E-state index contributed by atoms with van der Waals surface area (Å²) in [5.74, 6) is -0.181. The summed E-state index contributed by atoms with van der Waals surface area (Å²) in [7, 11) is -4.25. The fourth-order valence-corrected chi connectivity index (χ4v) is 7.53. The molecule has 4 N–H and O–H groups in total. The summed E-state index contributed by atoms with van der Waals surface area (Å²) in [6.07, 6.45) is -0.743. The van der Waals surface area contributed by atoms with Crippen LogP contribution in [0, 0.1) is 23.2 Å². The second kappa shape index (κ2) is 7.69. The first-order valence-electron chi connectivity index (χ1n) is 11.0. The minimum Gasteiger partial charge on any atom is -0.369 e. The molecule has 4 aliphatic rings. The number of carbonyl (C=O) groups is 2. The lowest BCUT2D eigenvalue weighted by molar-refractivity contribution is -0.148. The molecule has 0 aliphatic heterocycles. The molecule has 182 valence electrons. The van der Waals surface area contributed by atoms with Gasteiger partial charge >= 0.3 is 6.18 Å². The Morgan fingerprint density at radius 2 is 1.58 bits per heavy atom. The van der Waals surface area contributed by atoms with Gasteiger partial charge in [-0.1, -0.05) is 0 Å². The van der Waals surface area contributed by atoms with Crippen LogP contribution in [0.4, 0.5) is 13.2 Å². The van der Waals surface area contributed by atoms with Crippen molar-refractivity contribution >= 4 is 21.8 Å². The second-order valence-electron chi connectivity index (χ2n) is 10.4. The molecule has 1 aromatic rings. The van der Waals surface area contributed by atoms with Crippen LogP contribution >= 0.6 is 0 Å². The van der Waals surface area contributed by atoms with Crippen molar-refractivity contribution in [3.8, 4) is 0 Å². The summed E-state index contributed by atoms with van der Waals surface area (Å²) < 4.78 is 66.1. The van der Waals surface area contributed by atoms with Gasteiger partial charge in [0, 0.05) is 11.5 Å². The predicted molar refractivity (Wildman–Crippen MR) is 113 cm³/mol. The van der Waals surface area contributed by atoms with Crippen molar-refractivity contribution in [3.63, 3.8) is 0 Å². The van der Waals surface area contributed by atoms with Crippen LogP contribution in [0.2, 0.25) is 0 Å². The molecule has 11 heteroatoms. The summed E-state index contributed by atoms with van der Waals surface area (Å²) in [4.78, 5) is 24.8. The first-order valence-corrected chi connectivity index (χ1v) is 12.4. The maximum absolute atomic E-state index is 13.1. The highest BCUT2D eigenvalue weighted by Gasteiger charge is 2.58. The number of halogens is 3. The van der Waals surface area contributed by atoms with Crippen LogP contribution in [0.1, 0.15) is 51.5 Å². The molecule has 2 unspecified atom stereocenters. The molecule has 7 nitrogen and oxygen atoms in total. The molecule has 0 radical (unpaired) electrons. The van der Waals surface area contributed by atoms with Crippen LogP contribution in [0.15, 0.2) is 29.2 Å². The number of benzene rings is 1. The number of sulfonamides is 1. The first-order chi connectivity index (χ1) is 15.1. The van der Waals surface area contributed by atoms with Gasteiger partial charge in [0.15, 0.2) is 0 Å². The lowest BCUT2D eigenvalue weighted by atomic mass is 9.47. The van der Waals surface area contributed by atoms with Crippen molar-refractivity contribution in [2.45, 2.75) is 68.6 Å². The molecular formula is C22H28F3N3O4S. The van der Waals surface area contributed by atoms with E-state index in [1.165, 1.54) is 13.8 Å². The van der Waals surface area contributed by atoms with E-state index < -0.39 is 38.6 Å². The zero-order valence-electron chi connectivity index (χ0n) is 18.4. The van der Waals surface area contributed by atoms with E-state index >= 15 is 0 Å². The Bertz CT molecular complexity index is 1050. The van der Waals surface area contributed by atoms with Crippen molar-refractivity contribution in [3.05, 3.63) is 29.8 Å². The van der Waals surface area contributed by atoms with E-state index in [4.69, 9.17) is 5.73 Å². The fourth-order valence-electron chi connectivity index (χ4n) is 6.16. The number of carbonyl (C=O) groups excluding carboxylic acids is 2. The molecule has 4 aliphatic carbocycles. The van der Waals surface area contributed by atoms with Crippen LogP contribution in [-0.4, -0.2) is 31.8 Å². The molecule has 4 bridgehead atoms. The third-order valence-electron chi connectivity index (χ3n) is 7.54. The minimum absolute atomic E-state index is 0.107. The average molecular weight is 488 g/mol. The quantitative estimate of drug-likeness (QED) is 0.572. The SMILES string of the molecule is CC(C)(NS(=O)(=O)c1ccc(C(F)(F)F)cc1)C(=O)NC1C2CC3CC1CC(C(N)=O)(C3)C2. The van der Waals surface area contributed by atoms with Gasteiger partial charge < -0.3 is 11.1 Å². The predicted octanol–water partition coefficient (Wildman–Crippen LogP) is 2.56. The topological polar surface area (TPSA) is 118 Å². The average Bonchev–Trinajstić information content (AvgIpc) is 2.68. The van der Waals surface area contributed by atoms with E-state index in [1.54, 1.807) is 0 Å². The number of nitrogens with one attached hydrogen (secondary N) is 2. The summed E-state index contributed by atoms with van der Waals surface area (Å²) in [5.41, 5.74) is 2.69. The molecule has 4 saturated carbocycles. The standard InChI is InChI=1S/C22H28F3N3O4S/c1-20(2,28-33(31,32)16-5-3-15(4-6-16)22(23,24)25)19(30)27-17-13-7-12-8-14(17)11-21(9-12,10-13)18(26)29/h3-6,12-14,17,28H,7-11H2,1-2H3,(H2,26,29)(H,27,30). The first kappa shape index (κ1) is 24.0. The molecule has 1 aromatic carbocycles. The van der Waals surface area contributed by atoms with Gasteiger partial charge in [0.25, 0.3) is 0 Å². The van der Waals surface area contributed by atoms with E-state index in [2.05, 4.69) is 10.0 Å². The Kier molecular flexibility index (Phi) is 5.59. The number of rotatable bonds is 6. The lowest BCUT2D eigenvalue weighted by Gasteiger charge is -2.59. The second-order valence-corrected chi connectivity index (χ2v) is 12.0. The summed E-state index contributed by atoms with van der Waals surface area (Å²) in [5, 5.41) is 2.99. The third-order valence-corrected chi connectivity index (χ3v) is 9.21. The molecule has 4 fully saturated rings. The molecular weight excluding hydrogens is 459 g/mol. The number of hydrogen-bond donors (Lipinski definition) is 3. The maximum Gasteiger partial charge on any atom is 0.416 e. The van der Waals surface area contributed by atoms with Gasteiger partial charge in [0.2, 0.25) is 21.8 Å². The largest absolute Gasteiger partial charge is 0.416 e. The van der Waals surface area contributed by atoms with Crippen molar-refractivity contribution in [2.75, 3.05) is 0 Å².